The Labute approximate surface area is 172 Å². The number of carbonyl (C=O) groups excluding carboxylic acids is 1. The molecule has 1 unspecified atom stereocenters. The SMILES string of the molecule is CC1CCCN(Cc2ccc(CNC(=O)c3cnn(C)c3-n3cccc3)cc2)C1. The molecule has 0 aliphatic carbocycles. The number of rotatable bonds is 6. The lowest BCUT2D eigenvalue weighted by Crippen LogP contribution is -2.33. The van der Waals surface area contributed by atoms with E-state index < -0.39 is 0 Å². The third kappa shape index (κ3) is 4.59. The molecule has 1 saturated heterocycles. The highest BCUT2D eigenvalue weighted by Gasteiger charge is 2.18. The van der Waals surface area contributed by atoms with Crippen molar-refractivity contribution in [2.24, 2.45) is 13.0 Å². The fraction of sp³-hybridized carbons (Fsp3) is 0.391. The van der Waals surface area contributed by atoms with Gasteiger partial charge in [-0.3, -0.25) is 14.4 Å². The van der Waals surface area contributed by atoms with Gasteiger partial charge in [0.05, 0.1) is 6.20 Å². The number of nitrogens with zero attached hydrogens (tertiary/aromatic N) is 4. The first-order valence-electron chi connectivity index (χ1n) is 10.3. The molecule has 1 fully saturated rings. The highest BCUT2D eigenvalue weighted by atomic mass is 16.1. The highest BCUT2D eigenvalue weighted by Crippen LogP contribution is 2.18. The first-order valence-corrected chi connectivity index (χ1v) is 10.3. The summed E-state index contributed by atoms with van der Waals surface area (Å²) in [5, 5.41) is 7.27. The maximum absolute atomic E-state index is 12.7. The second kappa shape index (κ2) is 8.66. The minimum atomic E-state index is -0.117. The summed E-state index contributed by atoms with van der Waals surface area (Å²) < 4.78 is 3.61. The number of aryl methyl sites for hydroxylation is 1. The van der Waals surface area contributed by atoms with Crippen LogP contribution in [0.2, 0.25) is 0 Å². The van der Waals surface area contributed by atoms with E-state index in [1.807, 2.05) is 36.1 Å². The van der Waals surface area contributed by atoms with Crippen molar-refractivity contribution in [3.05, 3.63) is 71.7 Å². The molecular weight excluding hydrogens is 362 g/mol. The van der Waals surface area contributed by atoms with Gasteiger partial charge in [0.25, 0.3) is 5.91 Å². The number of hydrogen-bond donors (Lipinski definition) is 1. The molecule has 0 radical (unpaired) electrons. The van der Waals surface area contributed by atoms with Gasteiger partial charge in [0.15, 0.2) is 0 Å². The van der Waals surface area contributed by atoms with Crippen molar-refractivity contribution in [3.8, 4) is 5.82 Å². The molecule has 4 rings (SSSR count). The van der Waals surface area contributed by atoms with Crippen LogP contribution in [0, 0.1) is 5.92 Å². The highest BCUT2D eigenvalue weighted by molar-refractivity contribution is 5.97. The molecule has 1 aliphatic heterocycles. The lowest BCUT2D eigenvalue weighted by atomic mass is 9.99. The normalized spacial score (nSPS) is 17.4. The van der Waals surface area contributed by atoms with E-state index in [0.29, 0.717) is 12.1 Å². The summed E-state index contributed by atoms with van der Waals surface area (Å²) in [5.74, 6) is 1.44. The fourth-order valence-electron chi connectivity index (χ4n) is 4.10. The summed E-state index contributed by atoms with van der Waals surface area (Å²) in [6.07, 6.45) is 8.08. The van der Waals surface area contributed by atoms with Crippen LogP contribution in [0.3, 0.4) is 0 Å². The van der Waals surface area contributed by atoms with Crippen LogP contribution in [0.5, 0.6) is 0 Å². The molecule has 0 saturated carbocycles. The van der Waals surface area contributed by atoms with Crippen LogP contribution in [-0.2, 0) is 20.1 Å². The average Bonchev–Trinajstić information content (AvgIpc) is 3.36. The molecule has 6 nitrogen and oxygen atoms in total. The van der Waals surface area contributed by atoms with E-state index >= 15 is 0 Å². The van der Waals surface area contributed by atoms with Crippen molar-refractivity contribution in [2.45, 2.75) is 32.9 Å². The number of nitrogens with one attached hydrogen (secondary N) is 1. The number of amides is 1. The summed E-state index contributed by atoms with van der Waals surface area (Å²) in [6, 6.07) is 12.4. The zero-order valence-corrected chi connectivity index (χ0v) is 17.2. The molecule has 3 heterocycles. The molecule has 0 bridgehead atoms. The summed E-state index contributed by atoms with van der Waals surface area (Å²) in [7, 11) is 1.84. The Morgan fingerprint density at radius 2 is 1.90 bits per heavy atom. The van der Waals surface area contributed by atoms with Crippen LogP contribution in [0.1, 0.15) is 41.3 Å². The minimum absolute atomic E-state index is 0.117. The van der Waals surface area contributed by atoms with Crippen molar-refractivity contribution in [3.63, 3.8) is 0 Å². The van der Waals surface area contributed by atoms with Gasteiger partial charge in [-0.1, -0.05) is 31.2 Å². The summed E-state index contributed by atoms with van der Waals surface area (Å²) >= 11 is 0. The largest absolute Gasteiger partial charge is 0.348 e. The van der Waals surface area contributed by atoms with Gasteiger partial charge < -0.3 is 9.88 Å². The molecule has 29 heavy (non-hydrogen) atoms. The van der Waals surface area contributed by atoms with Gasteiger partial charge in [-0.25, -0.2) is 0 Å². The molecule has 1 amide bonds. The maximum Gasteiger partial charge on any atom is 0.256 e. The van der Waals surface area contributed by atoms with Crippen molar-refractivity contribution in [1.82, 2.24) is 24.6 Å². The lowest BCUT2D eigenvalue weighted by Gasteiger charge is -2.30. The van der Waals surface area contributed by atoms with E-state index in [0.717, 1.165) is 23.8 Å². The molecular formula is C23H29N5O. The van der Waals surface area contributed by atoms with Crippen molar-refractivity contribution in [2.75, 3.05) is 13.1 Å². The van der Waals surface area contributed by atoms with Crippen molar-refractivity contribution < 1.29 is 4.79 Å². The minimum Gasteiger partial charge on any atom is -0.348 e. The zero-order chi connectivity index (χ0) is 20.2. The van der Waals surface area contributed by atoms with Crippen LogP contribution in [0.4, 0.5) is 0 Å². The van der Waals surface area contributed by atoms with Gasteiger partial charge in [0.2, 0.25) is 0 Å². The molecule has 1 atom stereocenters. The van der Waals surface area contributed by atoms with Gasteiger partial charge in [-0.05, 0) is 48.6 Å². The van der Waals surface area contributed by atoms with Crippen LogP contribution in [0.15, 0.2) is 55.0 Å². The van der Waals surface area contributed by atoms with Gasteiger partial charge in [0, 0.05) is 39.1 Å². The Bertz CT molecular complexity index is 942. The second-order valence-corrected chi connectivity index (χ2v) is 8.08. The standard InChI is InChI=1S/C23H29N5O/c1-18-6-5-11-27(16-18)17-20-9-7-19(8-10-20)14-24-22(29)21-15-25-26(2)23(21)28-12-3-4-13-28/h3-4,7-10,12-13,15,18H,5-6,11,14,16-17H2,1-2H3,(H,24,29). The van der Waals surface area contributed by atoms with E-state index in [4.69, 9.17) is 0 Å². The van der Waals surface area contributed by atoms with Gasteiger partial charge in [-0.15, -0.1) is 0 Å². The first-order chi connectivity index (χ1) is 14.1. The number of benzene rings is 1. The number of hydrogen-bond acceptors (Lipinski definition) is 3. The Hall–Kier alpha value is -2.86. The molecule has 152 valence electrons. The Kier molecular flexibility index (Phi) is 5.81. The number of aromatic nitrogens is 3. The fourth-order valence-corrected chi connectivity index (χ4v) is 4.10. The molecule has 0 spiro atoms. The number of carbonyl (C=O) groups is 1. The number of likely N-dealkylation sites (tertiary alicyclic amines) is 1. The molecule has 2 aromatic heterocycles. The summed E-state index contributed by atoms with van der Waals surface area (Å²) in [5.41, 5.74) is 3.00. The monoisotopic (exact) mass is 391 g/mol. The molecule has 1 aliphatic rings. The van der Waals surface area contributed by atoms with Crippen LogP contribution >= 0.6 is 0 Å². The molecule has 1 N–H and O–H groups in total. The van der Waals surface area contributed by atoms with Crippen molar-refractivity contribution in [1.29, 1.82) is 0 Å². The summed E-state index contributed by atoms with van der Waals surface area (Å²) in [6.45, 7) is 6.22. The smallest absolute Gasteiger partial charge is 0.256 e. The predicted molar refractivity (Wildman–Crippen MR) is 114 cm³/mol. The van der Waals surface area contributed by atoms with E-state index in [-0.39, 0.29) is 5.91 Å². The first kappa shape index (κ1) is 19.5. The Morgan fingerprint density at radius 3 is 2.62 bits per heavy atom. The molecule has 3 aromatic rings. The van der Waals surface area contributed by atoms with E-state index in [9.17, 15) is 4.79 Å². The van der Waals surface area contributed by atoms with Crippen LogP contribution in [0.25, 0.3) is 5.82 Å². The number of piperidine rings is 1. The maximum atomic E-state index is 12.7. The van der Waals surface area contributed by atoms with Gasteiger partial charge in [-0.2, -0.15) is 5.10 Å². The van der Waals surface area contributed by atoms with Crippen LogP contribution in [-0.4, -0.2) is 38.2 Å². The summed E-state index contributed by atoms with van der Waals surface area (Å²) in [4.78, 5) is 15.3. The quantitative estimate of drug-likeness (QED) is 0.701. The van der Waals surface area contributed by atoms with Gasteiger partial charge >= 0.3 is 0 Å². The second-order valence-electron chi connectivity index (χ2n) is 8.08. The topological polar surface area (TPSA) is 55.1 Å². The van der Waals surface area contributed by atoms with Crippen LogP contribution < -0.4 is 5.32 Å². The third-order valence-corrected chi connectivity index (χ3v) is 5.62. The van der Waals surface area contributed by atoms with Gasteiger partial charge in [0.1, 0.15) is 11.4 Å². The Balaban J connectivity index is 1.35. The molecule has 6 heteroatoms. The van der Waals surface area contributed by atoms with E-state index in [1.54, 1.807) is 10.9 Å². The van der Waals surface area contributed by atoms with E-state index in [2.05, 4.69) is 46.5 Å². The predicted octanol–water partition coefficient (Wildman–Crippen LogP) is 3.37. The van der Waals surface area contributed by atoms with Crippen molar-refractivity contribution >= 4 is 5.91 Å². The lowest BCUT2D eigenvalue weighted by molar-refractivity contribution is 0.0951. The molecule has 1 aromatic carbocycles. The van der Waals surface area contributed by atoms with E-state index in [1.165, 1.54) is 31.5 Å². The Morgan fingerprint density at radius 1 is 1.17 bits per heavy atom. The zero-order valence-electron chi connectivity index (χ0n) is 17.2. The third-order valence-electron chi connectivity index (χ3n) is 5.62. The average molecular weight is 392 g/mol.